The van der Waals surface area contributed by atoms with Gasteiger partial charge in [-0.1, -0.05) is 23.2 Å². The lowest BCUT2D eigenvalue weighted by Gasteiger charge is -2.08. The number of anilines is 2. The zero-order chi connectivity index (χ0) is 16.9. The maximum absolute atomic E-state index is 9.26. The second-order valence-electron chi connectivity index (χ2n) is 4.40. The number of hydrogen-bond acceptors (Lipinski definition) is 5. The smallest absolute Gasteiger partial charge is 0.142 e. The topological polar surface area (TPSA) is 102 Å². The number of phenolic OH excluding ortho intramolecular Hbond substituents is 2. The van der Waals surface area contributed by atoms with Crippen LogP contribution in [0, 0.1) is 6.92 Å². The van der Waals surface area contributed by atoms with Crippen molar-refractivity contribution in [2.75, 3.05) is 18.1 Å². The van der Waals surface area contributed by atoms with E-state index in [2.05, 4.69) is 0 Å². The number of ether oxygens (including phenoxy) is 1. The Hall–Kier alpha value is -1.98. The number of aryl methyl sites for hydroxylation is 1. The molecule has 0 heterocycles. The Bertz CT molecular complexity index is 637. The maximum atomic E-state index is 9.26. The third-order valence-electron chi connectivity index (χ3n) is 2.73. The van der Waals surface area contributed by atoms with Gasteiger partial charge in [0.2, 0.25) is 0 Å². The van der Waals surface area contributed by atoms with Gasteiger partial charge in [-0.15, -0.1) is 0 Å². The molecule has 0 unspecified atom stereocenters. The average Bonchev–Trinajstić information content (AvgIpc) is 2.47. The molecular weight excluding hydrogens is 327 g/mol. The molecule has 6 N–H and O–H groups in total. The van der Waals surface area contributed by atoms with E-state index in [0.717, 1.165) is 5.56 Å². The quantitative estimate of drug-likeness (QED) is 0.617. The minimum absolute atomic E-state index is 0.0523. The van der Waals surface area contributed by atoms with E-state index < -0.39 is 0 Å². The van der Waals surface area contributed by atoms with Gasteiger partial charge in [0.25, 0.3) is 0 Å². The molecule has 0 aliphatic rings. The predicted octanol–water partition coefficient (Wildman–Crippen LogP) is 3.96. The van der Waals surface area contributed by atoms with Crippen LogP contribution in [0.2, 0.25) is 10.0 Å². The Kier molecular flexibility index (Phi) is 6.46. The van der Waals surface area contributed by atoms with Gasteiger partial charge in [-0.2, -0.15) is 0 Å². The summed E-state index contributed by atoms with van der Waals surface area (Å²) in [5.74, 6) is 0.785. The molecule has 0 aliphatic carbocycles. The van der Waals surface area contributed by atoms with Crippen LogP contribution in [0.4, 0.5) is 11.4 Å². The SMILES string of the molecule is CCOc1cc(C)c(O)cc1N.Nc1c(Cl)ccc(O)c1Cl. The molecule has 0 spiro atoms. The van der Waals surface area contributed by atoms with Crippen molar-refractivity contribution in [2.24, 2.45) is 0 Å². The molecule has 0 bridgehead atoms. The van der Waals surface area contributed by atoms with Gasteiger partial charge < -0.3 is 26.4 Å². The number of nitrogen functional groups attached to an aromatic ring is 2. The largest absolute Gasteiger partial charge is 0.508 e. The summed E-state index contributed by atoms with van der Waals surface area (Å²) in [6, 6.07) is 6.10. The molecular formula is C15H18Cl2N2O3. The standard InChI is InChI=1S/C9H13NO2.C6H5Cl2NO/c1-3-12-9-4-6(2)8(11)5-7(9)10;7-3-1-2-4(10)5(8)6(3)9/h4-5,11H,3,10H2,1-2H3;1-2,10H,9H2. The monoisotopic (exact) mass is 344 g/mol. The van der Waals surface area contributed by atoms with Crippen molar-refractivity contribution < 1.29 is 14.9 Å². The molecule has 2 aromatic carbocycles. The molecule has 2 rings (SSSR count). The molecule has 0 aromatic heterocycles. The van der Waals surface area contributed by atoms with Gasteiger partial charge in [-0.3, -0.25) is 0 Å². The van der Waals surface area contributed by atoms with Crippen molar-refractivity contribution in [3.8, 4) is 17.2 Å². The molecule has 0 fully saturated rings. The first kappa shape index (κ1) is 18.1. The lowest BCUT2D eigenvalue weighted by Crippen LogP contribution is -1.97. The number of rotatable bonds is 2. The lowest BCUT2D eigenvalue weighted by molar-refractivity contribution is 0.341. The molecule has 7 heteroatoms. The Morgan fingerprint density at radius 3 is 2.27 bits per heavy atom. The first-order chi connectivity index (χ1) is 10.3. The summed E-state index contributed by atoms with van der Waals surface area (Å²) in [6.45, 7) is 4.27. The molecule has 0 amide bonds. The second-order valence-corrected chi connectivity index (χ2v) is 5.19. The fourth-order valence-electron chi connectivity index (χ4n) is 1.52. The normalized spacial score (nSPS) is 9.82. The zero-order valence-electron chi connectivity index (χ0n) is 12.2. The van der Waals surface area contributed by atoms with Gasteiger partial charge in [0, 0.05) is 6.07 Å². The highest BCUT2D eigenvalue weighted by Gasteiger charge is 2.05. The fraction of sp³-hybridized carbons (Fsp3) is 0.200. The van der Waals surface area contributed by atoms with E-state index in [-0.39, 0.29) is 22.2 Å². The van der Waals surface area contributed by atoms with E-state index >= 15 is 0 Å². The number of hydrogen-bond donors (Lipinski definition) is 4. The first-order valence-corrected chi connectivity index (χ1v) is 7.17. The molecule has 120 valence electrons. The van der Waals surface area contributed by atoms with Crippen LogP contribution in [0.15, 0.2) is 24.3 Å². The average molecular weight is 345 g/mol. The highest BCUT2D eigenvalue weighted by atomic mass is 35.5. The molecule has 5 nitrogen and oxygen atoms in total. The van der Waals surface area contributed by atoms with Crippen LogP contribution >= 0.6 is 23.2 Å². The van der Waals surface area contributed by atoms with Crippen molar-refractivity contribution in [2.45, 2.75) is 13.8 Å². The van der Waals surface area contributed by atoms with Crippen molar-refractivity contribution in [1.29, 1.82) is 0 Å². The van der Waals surface area contributed by atoms with Gasteiger partial charge in [0.15, 0.2) is 0 Å². The van der Waals surface area contributed by atoms with Crippen LogP contribution in [-0.2, 0) is 0 Å². The number of nitrogens with two attached hydrogens (primary N) is 2. The zero-order valence-corrected chi connectivity index (χ0v) is 13.7. The number of benzene rings is 2. The molecule has 0 saturated carbocycles. The molecule has 2 aromatic rings. The van der Waals surface area contributed by atoms with Crippen molar-refractivity contribution >= 4 is 34.6 Å². The van der Waals surface area contributed by atoms with E-state index in [1.54, 1.807) is 13.0 Å². The summed E-state index contributed by atoms with van der Waals surface area (Å²) < 4.78 is 5.24. The summed E-state index contributed by atoms with van der Waals surface area (Å²) in [5, 5.41) is 18.7. The Morgan fingerprint density at radius 1 is 1.09 bits per heavy atom. The van der Waals surface area contributed by atoms with Crippen molar-refractivity contribution in [1.82, 2.24) is 0 Å². The van der Waals surface area contributed by atoms with Gasteiger partial charge >= 0.3 is 0 Å². The lowest BCUT2D eigenvalue weighted by atomic mass is 10.2. The summed E-state index contributed by atoms with van der Waals surface area (Å²) in [4.78, 5) is 0. The highest BCUT2D eigenvalue weighted by molar-refractivity contribution is 6.39. The van der Waals surface area contributed by atoms with Gasteiger partial charge in [-0.25, -0.2) is 0 Å². The fourth-order valence-corrected chi connectivity index (χ4v) is 1.90. The minimum Gasteiger partial charge on any atom is -0.508 e. The van der Waals surface area contributed by atoms with Crippen LogP contribution in [0.25, 0.3) is 0 Å². The number of halogens is 2. The molecule has 0 aliphatic heterocycles. The maximum Gasteiger partial charge on any atom is 0.142 e. The van der Waals surface area contributed by atoms with E-state index in [0.29, 0.717) is 23.1 Å². The van der Waals surface area contributed by atoms with Gasteiger partial charge in [0.05, 0.1) is 23.0 Å². The van der Waals surface area contributed by atoms with Gasteiger partial charge in [0.1, 0.15) is 22.3 Å². The van der Waals surface area contributed by atoms with E-state index in [9.17, 15) is 5.11 Å². The predicted molar refractivity (Wildman–Crippen MR) is 91.0 cm³/mol. The molecule has 0 radical (unpaired) electrons. The second kappa shape index (κ2) is 7.87. The minimum atomic E-state index is -0.0523. The summed E-state index contributed by atoms with van der Waals surface area (Å²) in [6.07, 6.45) is 0. The molecule has 0 atom stereocenters. The van der Waals surface area contributed by atoms with Crippen LogP contribution in [-0.4, -0.2) is 16.8 Å². The Labute approximate surface area is 139 Å². The Morgan fingerprint density at radius 2 is 1.73 bits per heavy atom. The van der Waals surface area contributed by atoms with Crippen LogP contribution < -0.4 is 16.2 Å². The Balaban J connectivity index is 0.000000224. The van der Waals surface area contributed by atoms with Crippen molar-refractivity contribution in [3.05, 3.63) is 39.9 Å². The van der Waals surface area contributed by atoms with Crippen LogP contribution in [0.1, 0.15) is 12.5 Å². The van der Waals surface area contributed by atoms with Gasteiger partial charge in [-0.05, 0) is 37.6 Å². The number of phenols is 2. The van der Waals surface area contributed by atoms with Crippen molar-refractivity contribution in [3.63, 3.8) is 0 Å². The van der Waals surface area contributed by atoms with E-state index in [1.807, 2.05) is 6.92 Å². The van der Waals surface area contributed by atoms with E-state index in [1.165, 1.54) is 18.2 Å². The molecule has 22 heavy (non-hydrogen) atoms. The summed E-state index contributed by atoms with van der Waals surface area (Å²) in [5.41, 5.74) is 12.4. The summed E-state index contributed by atoms with van der Waals surface area (Å²) in [7, 11) is 0. The third-order valence-corrected chi connectivity index (χ3v) is 3.46. The number of aromatic hydroxyl groups is 2. The summed E-state index contributed by atoms with van der Waals surface area (Å²) >= 11 is 11.1. The van der Waals surface area contributed by atoms with E-state index in [4.69, 9.17) is 44.5 Å². The first-order valence-electron chi connectivity index (χ1n) is 6.42. The highest BCUT2D eigenvalue weighted by Crippen LogP contribution is 2.34. The third kappa shape index (κ3) is 4.51. The molecule has 0 saturated heterocycles. The van der Waals surface area contributed by atoms with Crippen LogP contribution in [0.3, 0.4) is 0 Å². The van der Waals surface area contributed by atoms with Crippen LogP contribution in [0.5, 0.6) is 17.2 Å².